The van der Waals surface area contributed by atoms with Crippen molar-refractivity contribution >= 4 is 29.1 Å². The Kier molecular flexibility index (Phi) is 3.34. The summed E-state index contributed by atoms with van der Waals surface area (Å²) in [5.41, 5.74) is 0.269. The Balaban J connectivity index is 3.12. The van der Waals surface area contributed by atoms with Crippen LogP contribution in [0.3, 0.4) is 0 Å². The molecule has 1 aromatic rings. The predicted molar refractivity (Wildman–Crippen MR) is 54.1 cm³/mol. The summed E-state index contributed by atoms with van der Waals surface area (Å²) in [5.74, 6) is -0.356. The van der Waals surface area contributed by atoms with E-state index in [4.69, 9.17) is 23.2 Å². The molecule has 0 aliphatic rings. The van der Waals surface area contributed by atoms with Crippen molar-refractivity contribution in [2.24, 2.45) is 0 Å². The van der Waals surface area contributed by atoms with Gasteiger partial charge in [0.1, 0.15) is 0 Å². The second-order valence-electron chi connectivity index (χ2n) is 2.27. The zero-order valence-electron chi connectivity index (χ0n) is 6.68. The van der Waals surface area contributed by atoms with E-state index in [0.29, 0.717) is 10.0 Å². The van der Waals surface area contributed by atoms with Crippen LogP contribution in [0.4, 0.5) is 0 Å². The monoisotopic (exact) mass is 215 g/mol. The second kappa shape index (κ2) is 4.30. The van der Waals surface area contributed by atoms with Crippen LogP contribution in [0.15, 0.2) is 31.0 Å². The van der Waals surface area contributed by atoms with Crippen LogP contribution in [0.2, 0.25) is 10.0 Å². The van der Waals surface area contributed by atoms with Gasteiger partial charge in [-0.3, -0.25) is 4.79 Å². The maximum atomic E-state index is 11.3. The van der Waals surface area contributed by atoms with Gasteiger partial charge in [0.15, 0.2) is 0 Å². The smallest absolute Gasteiger partial charge is 0.258 e. The van der Waals surface area contributed by atoms with Crippen molar-refractivity contribution < 1.29 is 4.79 Å². The van der Waals surface area contributed by atoms with Crippen LogP contribution in [0.1, 0.15) is 10.4 Å². The molecule has 13 heavy (non-hydrogen) atoms. The molecule has 0 aliphatic heterocycles. The summed E-state index contributed by atoms with van der Waals surface area (Å²) in [6, 6.07) is 4.88. The standard InChI is InChI=1S/C9H7Cl2NO/c1-2-12-9(13)8-6(10)4-3-5-7(8)11/h2-5H,1H2,(H,12,13). The lowest BCUT2D eigenvalue weighted by Crippen LogP contribution is -2.17. The molecule has 0 aliphatic carbocycles. The fourth-order valence-electron chi connectivity index (χ4n) is 0.880. The minimum Gasteiger partial charge on any atom is -0.329 e. The summed E-state index contributed by atoms with van der Waals surface area (Å²) in [5, 5.41) is 3.05. The summed E-state index contributed by atoms with van der Waals surface area (Å²) in [4.78, 5) is 11.3. The van der Waals surface area contributed by atoms with Gasteiger partial charge in [-0.1, -0.05) is 35.8 Å². The Morgan fingerprint density at radius 3 is 2.38 bits per heavy atom. The van der Waals surface area contributed by atoms with Crippen LogP contribution in [-0.2, 0) is 0 Å². The zero-order valence-corrected chi connectivity index (χ0v) is 8.19. The normalized spacial score (nSPS) is 9.38. The van der Waals surface area contributed by atoms with E-state index >= 15 is 0 Å². The maximum absolute atomic E-state index is 11.3. The molecule has 0 heterocycles. The number of amides is 1. The highest BCUT2D eigenvalue weighted by Crippen LogP contribution is 2.23. The van der Waals surface area contributed by atoms with E-state index in [0.717, 1.165) is 0 Å². The van der Waals surface area contributed by atoms with Crippen LogP contribution < -0.4 is 5.32 Å². The van der Waals surface area contributed by atoms with Gasteiger partial charge in [-0.15, -0.1) is 0 Å². The molecule has 1 N–H and O–H groups in total. The van der Waals surface area contributed by atoms with Gasteiger partial charge in [0.25, 0.3) is 5.91 Å². The summed E-state index contributed by atoms with van der Waals surface area (Å²) >= 11 is 11.6. The maximum Gasteiger partial charge on any atom is 0.258 e. The van der Waals surface area contributed by atoms with Crippen molar-refractivity contribution in [1.29, 1.82) is 0 Å². The van der Waals surface area contributed by atoms with Gasteiger partial charge in [0, 0.05) is 0 Å². The Bertz CT molecular complexity index is 329. The van der Waals surface area contributed by atoms with Gasteiger partial charge in [0.05, 0.1) is 15.6 Å². The molecule has 0 aromatic heterocycles. The molecule has 1 aromatic carbocycles. The number of carbonyl (C=O) groups excluding carboxylic acids is 1. The molecule has 0 bridgehead atoms. The van der Waals surface area contributed by atoms with Crippen molar-refractivity contribution in [3.63, 3.8) is 0 Å². The summed E-state index contributed by atoms with van der Waals surface area (Å²) in [6.45, 7) is 3.37. The highest BCUT2D eigenvalue weighted by Gasteiger charge is 2.12. The Hall–Kier alpha value is -0.990. The van der Waals surface area contributed by atoms with Crippen molar-refractivity contribution in [2.45, 2.75) is 0 Å². The third-order valence-electron chi connectivity index (χ3n) is 1.42. The zero-order chi connectivity index (χ0) is 9.84. The molecule has 0 saturated heterocycles. The number of rotatable bonds is 2. The number of carbonyl (C=O) groups is 1. The van der Waals surface area contributed by atoms with Crippen molar-refractivity contribution in [2.75, 3.05) is 0 Å². The minimum absolute atomic E-state index is 0.269. The van der Waals surface area contributed by atoms with Gasteiger partial charge in [0.2, 0.25) is 0 Å². The average Bonchev–Trinajstić information content (AvgIpc) is 2.04. The van der Waals surface area contributed by atoms with E-state index in [1.54, 1.807) is 18.2 Å². The molecule has 68 valence electrons. The number of hydrogen-bond donors (Lipinski definition) is 1. The molecule has 0 atom stereocenters. The fourth-order valence-corrected chi connectivity index (χ4v) is 1.45. The van der Waals surface area contributed by atoms with Gasteiger partial charge in [-0.25, -0.2) is 0 Å². The van der Waals surface area contributed by atoms with E-state index in [-0.39, 0.29) is 11.5 Å². The third-order valence-corrected chi connectivity index (χ3v) is 2.05. The molecule has 0 saturated carbocycles. The molecular weight excluding hydrogens is 209 g/mol. The van der Waals surface area contributed by atoms with Crippen LogP contribution in [0, 0.1) is 0 Å². The van der Waals surface area contributed by atoms with Gasteiger partial charge in [-0.2, -0.15) is 0 Å². The molecule has 0 spiro atoms. The molecule has 4 heteroatoms. The molecule has 2 nitrogen and oxygen atoms in total. The first kappa shape index (κ1) is 10.1. The van der Waals surface area contributed by atoms with E-state index in [2.05, 4.69) is 11.9 Å². The van der Waals surface area contributed by atoms with E-state index in [1.807, 2.05) is 0 Å². The Morgan fingerprint density at radius 1 is 1.38 bits per heavy atom. The average molecular weight is 216 g/mol. The Morgan fingerprint density at radius 2 is 1.92 bits per heavy atom. The van der Waals surface area contributed by atoms with Crippen LogP contribution in [0.5, 0.6) is 0 Å². The van der Waals surface area contributed by atoms with Gasteiger partial charge in [-0.05, 0) is 18.3 Å². The fraction of sp³-hybridized carbons (Fsp3) is 0. The highest BCUT2D eigenvalue weighted by molar-refractivity contribution is 6.39. The molecular formula is C9H7Cl2NO. The third kappa shape index (κ3) is 2.23. The van der Waals surface area contributed by atoms with Crippen LogP contribution >= 0.6 is 23.2 Å². The van der Waals surface area contributed by atoms with Gasteiger partial charge >= 0.3 is 0 Å². The second-order valence-corrected chi connectivity index (χ2v) is 3.09. The lowest BCUT2D eigenvalue weighted by atomic mass is 10.2. The number of hydrogen-bond acceptors (Lipinski definition) is 1. The minimum atomic E-state index is -0.356. The Labute approximate surface area is 86.2 Å². The molecule has 1 rings (SSSR count). The van der Waals surface area contributed by atoms with E-state index in [9.17, 15) is 4.79 Å². The van der Waals surface area contributed by atoms with Gasteiger partial charge < -0.3 is 5.32 Å². The van der Waals surface area contributed by atoms with Crippen molar-refractivity contribution in [3.05, 3.63) is 46.6 Å². The lowest BCUT2D eigenvalue weighted by molar-refractivity contribution is 0.0970. The molecule has 0 unspecified atom stereocenters. The first-order chi connectivity index (χ1) is 6.16. The first-order valence-electron chi connectivity index (χ1n) is 3.52. The number of halogens is 2. The molecule has 0 radical (unpaired) electrons. The van der Waals surface area contributed by atoms with Crippen LogP contribution in [-0.4, -0.2) is 5.91 Å². The number of benzene rings is 1. The summed E-state index contributed by atoms with van der Waals surface area (Å²) < 4.78 is 0. The summed E-state index contributed by atoms with van der Waals surface area (Å²) in [7, 11) is 0. The SMILES string of the molecule is C=CNC(=O)c1c(Cl)cccc1Cl. The van der Waals surface area contributed by atoms with Crippen LogP contribution in [0.25, 0.3) is 0 Å². The largest absolute Gasteiger partial charge is 0.329 e. The van der Waals surface area contributed by atoms with E-state index < -0.39 is 0 Å². The summed E-state index contributed by atoms with van der Waals surface area (Å²) in [6.07, 6.45) is 1.28. The predicted octanol–water partition coefficient (Wildman–Crippen LogP) is 2.87. The molecule has 0 fully saturated rings. The molecule has 1 amide bonds. The van der Waals surface area contributed by atoms with Crippen molar-refractivity contribution in [1.82, 2.24) is 5.32 Å². The first-order valence-corrected chi connectivity index (χ1v) is 4.28. The topological polar surface area (TPSA) is 29.1 Å². The number of nitrogens with one attached hydrogen (secondary N) is 1. The van der Waals surface area contributed by atoms with Crippen molar-refractivity contribution in [3.8, 4) is 0 Å². The van der Waals surface area contributed by atoms with E-state index in [1.165, 1.54) is 6.20 Å². The lowest BCUT2D eigenvalue weighted by Gasteiger charge is -2.04. The quantitative estimate of drug-likeness (QED) is 0.808. The highest BCUT2D eigenvalue weighted by atomic mass is 35.5.